The van der Waals surface area contributed by atoms with Gasteiger partial charge in [-0.1, -0.05) is 29.8 Å². The summed E-state index contributed by atoms with van der Waals surface area (Å²) in [6.45, 7) is 1.93. The smallest absolute Gasteiger partial charge is 0.256 e. The van der Waals surface area contributed by atoms with Crippen LogP contribution in [0.5, 0.6) is 0 Å². The van der Waals surface area contributed by atoms with Gasteiger partial charge in [-0.3, -0.25) is 4.79 Å². The lowest BCUT2D eigenvalue weighted by molar-refractivity contribution is 0.0750. The average molecular weight is 394 g/mol. The van der Waals surface area contributed by atoms with Crippen molar-refractivity contribution in [2.24, 2.45) is 0 Å². The van der Waals surface area contributed by atoms with E-state index in [2.05, 4.69) is 38.5 Å². The molecule has 0 bridgehead atoms. The largest absolute Gasteiger partial charge is 0.367 e. The number of aromatic nitrogens is 3. The fraction of sp³-hybridized carbons (Fsp3) is 0.286. The molecule has 2 N–H and O–H groups in total. The molecule has 1 saturated carbocycles. The summed E-state index contributed by atoms with van der Waals surface area (Å²) >= 11 is 5.81. The fourth-order valence-corrected chi connectivity index (χ4v) is 3.85. The first-order valence-electron chi connectivity index (χ1n) is 9.45. The minimum absolute atomic E-state index is 0.119. The predicted molar refractivity (Wildman–Crippen MR) is 107 cm³/mol. The molecule has 28 heavy (non-hydrogen) atoms. The molecule has 1 aliphatic heterocycles. The van der Waals surface area contributed by atoms with Crippen LogP contribution in [0.2, 0.25) is 5.02 Å². The van der Waals surface area contributed by atoms with Gasteiger partial charge in [-0.15, -0.1) is 0 Å². The van der Waals surface area contributed by atoms with E-state index in [1.165, 1.54) is 29.5 Å². The summed E-state index contributed by atoms with van der Waals surface area (Å²) < 4.78 is 0. The number of aromatic amines is 1. The molecule has 2 aliphatic rings. The van der Waals surface area contributed by atoms with Gasteiger partial charge < -0.3 is 15.2 Å². The summed E-state index contributed by atoms with van der Waals surface area (Å²) in [5, 5.41) is 3.71. The normalized spacial score (nSPS) is 15.5. The Labute approximate surface area is 168 Å². The summed E-state index contributed by atoms with van der Waals surface area (Å²) in [7, 11) is 0. The van der Waals surface area contributed by atoms with Gasteiger partial charge in [0.05, 0.1) is 23.0 Å². The Kier molecular flexibility index (Phi) is 4.28. The Balaban J connectivity index is 1.27. The van der Waals surface area contributed by atoms with Crippen LogP contribution in [0.3, 0.4) is 0 Å². The van der Waals surface area contributed by atoms with Crippen molar-refractivity contribution in [2.45, 2.75) is 38.4 Å². The number of carbonyl (C=O) groups is 1. The number of nitrogens with zero attached hydrogens (tertiary/aromatic N) is 3. The maximum Gasteiger partial charge on any atom is 0.256 e. The lowest BCUT2D eigenvalue weighted by Crippen LogP contribution is -2.25. The summed E-state index contributed by atoms with van der Waals surface area (Å²) in [6.07, 6.45) is 9.34. The zero-order valence-electron chi connectivity index (χ0n) is 15.3. The number of amides is 1. The Morgan fingerprint density at radius 1 is 1.18 bits per heavy atom. The molecule has 1 aromatic carbocycles. The molecular formula is C21H20ClN5O. The highest BCUT2D eigenvalue weighted by Gasteiger charge is 2.32. The van der Waals surface area contributed by atoms with Crippen molar-refractivity contribution in [3.05, 3.63) is 75.8 Å². The third-order valence-corrected chi connectivity index (χ3v) is 5.57. The van der Waals surface area contributed by atoms with Crippen LogP contribution in [0.25, 0.3) is 0 Å². The van der Waals surface area contributed by atoms with Crippen LogP contribution in [0.15, 0.2) is 43.0 Å². The Hall–Kier alpha value is -2.86. The number of carbonyl (C=O) groups excluding carboxylic acids is 1. The van der Waals surface area contributed by atoms with E-state index in [1.54, 1.807) is 12.4 Å². The van der Waals surface area contributed by atoms with Crippen LogP contribution in [0.4, 0.5) is 5.95 Å². The standard InChI is InChI=1S/C21H20ClN5O/c22-17-7-25-21(26-8-17)24-6-13-1-2-15-11-27(12-16(15)5-13)20(28)19-10-23-9-18(19)14-3-4-14/h1-2,5,7-10,14,23H,3-4,6,11-12H2,(H,24,25,26). The Morgan fingerprint density at radius 2 is 1.96 bits per heavy atom. The highest BCUT2D eigenvalue weighted by molar-refractivity contribution is 6.30. The van der Waals surface area contributed by atoms with Gasteiger partial charge in [-0.25, -0.2) is 9.97 Å². The molecule has 0 radical (unpaired) electrons. The molecule has 1 aliphatic carbocycles. The maximum absolute atomic E-state index is 13.0. The third kappa shape index (κ3) is 3.36. The number of hydrogen-bond donors (Lipinski definition) is 2. The SMILES string of the molecule is O=C(c1c[nH]cc1C1CC1)N1Cc2ccc(CNc3ncc(Cl)cn3)cc2C1. The van der Waals surface area contributed by atoms with Crippen molar-refractivity contribution in [2.75, 3.05) is 5.32 Å². The molecule has 6 nitrogen and oxygen atoms in total. The van der Waals surface area contributed by atoms with Crippen LogP contribution in [0.1, 0.15) is 51.4 Å². The molecule has 1 amide bonds. The van der Waals surface area contributed by atoms with Crippen molar-refractivity contribution in [3.8, 4) is 0 Å². The number of rotatable bonds is 5. The lowest BCUT2D eigenvalue weighted by Gasteiger charge is -2.15. The van der Waals surface area contributed by atoms with Crippen molar-refractivity contribution in [1.29, 1.82) is 0 Å². The van der Waals surface area contributed by atoms with Gasteiger partial charge in [0.2, 0.25) is 5.95 Å². The summed E-state index contributed by atoms with van der Waals surface area (Å²) in [5.41, 5.74) is 5.55. The van der Waals surface area contributed by atoms with Gasteiger partial charge in [0.1, 0.15) is 0 Å². The topological polar surface area (TPSA) is 73.9 Å². The molecular weight excluding hydrogens is 374 g/mol. The minimum Gasteiger partial charge on any atom is -0.367 e. The van der Waals surface area contributed by atoms with E-state index in [-0.39, 0.29) is 5.91 Å². The second kappa shape index (κ2) is 6.95. The van der Waals surface area contributed by atoms with Gasteiger partial charge in [-0.05, 0) is 41.0 Å². The monoisotopic (exact) mass is 393 g/mol. The van der Waals surface area contributed by atoms with Gasteiger partial charge in [0.25, 0.3) is 5.91 Å². The number of anilines is 1. The van der Waals surface area contributed by atoms with Crippen molar-refractivity contribution >= 4 is 23.5 Å². The van der Waals surface area contributed by atoms with E-state index in [0.29, 0.717) is 36.5 Å². The van der Waals surface area contributed by atoms with E-state index in [9.17, 15) is 4.79 Å². The van der Waals surface area contributed by atoms with Crippen molar-refractivity contribution in [3.63, 3.8) is 0 Å². The second-order valence-electron chi connectivity index (χ2n) is 7.44. The average Bonchev–Trinajstić information content (AvgIpc) is 3.27. The summed E-state index contributed by atoms with van der Waals surface area (Å²) in [4.78, 5) is 26.4. The van der Waals surface area contributed by atoms with E-state index in [0.717, 1.165) is 11.1 Å². The summed E-state index contributed by atoms with van der Waals surface area (Å²) in [5.74, 6) is 1.22. The van der Waals surface area contributed by atoms with Crippen molar-refractivity contribution in [1.82, 2.24) is 19.9 Å². The van der Waals surface area contributed by atoms with E-state index >= 15 is 0 Å². The second-order valence-corrected chi connectivity index (χ2v) is 7.88. The zero-order chi connectivity index (χ0) is 19.1. The Morgan fingerprint density at radius 3 is 2.75 bits per heavy atom. The first-order chi connectivity index (χ1) is 13.7. The molecule has 0 saturated heterocycles. The van der Waals surface area contributed by atoms with Crippen LogP contribution in [-0.4, -0.2) is 25.8 Å². The minimum atomic E-state index is 0.119. The quantitative estimate of drug-likeness (QED) is 0.684. The van der Waals surface area contributed by atoms with Gasteiger partial charge in [-0.2, -0.15) is 0 Å². The van der Waals surface area contributed by atoms with Crippen LogP contribution in [-0.2, 0) is 19.6 Å². The number of hydrogen-bond acceptors (Lipinski definition) is 4. The molecule has 142 valence electrons. The van der Waals surface area contributed by atoms with Crippen LogP contribution >= 0.6 is 11.6 Å². The van der Waals surface area contributed by atoms with Gasteiger partial charge >= 0.3 is 0 Å². The number of fused-ring (bicyclic) bond motifs is 1. The first kappa shape index (κ1) is 17.3. The third-order valence-electron chi connectivity index (χ3n) is 5.38. The maximum atomic E-state index is 13.0. The highest BCUT2D eigenvalue weighted by Crippen LogP contribution is 2.42. The molecule has 3 heterocycles. The number of benzene rings is 1. The van der Waals surface area contributed by atoms with Gasteiger partial charge in [0.15, 0.2) is 0 Å². The number of halogens is 1. The molecule has 5 rings (SSSR count). The van der Waals surface area contributed by atoms with E-state index < -0.39 is 0 Å². The number of nitrogens with one attached hydrogen (secondary N) is 2. The van der Waals surface area contributed by atoms with Crippen molar-refractivity contribution < 1.29 is 4.79 Å². The molecule has 1 fully saturated rings. The molecule has 3 aromatic rings. The van der Waals surface area contributed by atoms with Gasteiger partial charge in [0, 0.05) is 32.0 Å². The highest BCUT2D eigenvalue weighted by atomic mass is 35.5. The molecule has 2 aromatic heterocycles. The van der Waals surface area contributed by atoms with Crippen LogP contribution in [0, 0.1) is 0 Å². The molecule has 0 unspecified atom stereocenters. The lowest BCUT2D eigenvalue weighted by atomic mass is 10.1. The van der Waals surface area contributed by atoms with E-state index in [4.69, 9.17) is 11.6 Å². The first-order valence-corrected chi connectivity index (χ1v) is 9.83. The van der Waals surface area contributed by atoms with Crippen LogP contribution < -0.4 is 5.32 Å². The summed E-state index contributed by atoms with van der Waals surface area (Å²) in [6, 6.07) is 6.35. The van der Waals surface area contributed by atoms with E-state index in [1.807, 2.05) is 17.3 Å². The molecule has 0 spiro atoms. The predicted octanol–water partition coefficient (Wildman–Crippen LogP) is 4.10. The fourth-order valence-electron chi connectivity index (χ4n) is 3.75. The zero-order valence-corrected chi connectivity index (χ0v) is 16.0. The molecule has 7 heteroatoms. The Bertz CT molecular complexity index is 1030. The number of H-pyrrole nitrogens is 1. The molecule has 0 atom stereocenters.